The molecule has 0 fully saturated rings. The number of aliphatic hydroxyl groups is 1. The molecule has 0 saturated heterocycles. The van der Waals surface area contributed by atoms with Gasteiger partial charge in [0.05, 0.1) is 0 Å². The van der Waals surface area contributed by atoms with E-state index in [0.717, 1.165) is 6.42 Å². The predicted octanol–water partition coefficient (Wildman–Crippen LogP) is 3.11. The normalized spacial score (nSPS) is 8.77. The third kappa shape index (κ3) is 19.4. The van der Waals surface area contributed by atoms with E-state index < -0.39 is 0 Å². The Bertz CT molecular complexity index is 63.9. The largest absolute Gasteiger partial charge is 0.396 e. The van der Waals surface area contributed by atoms with Gasteiger partial charge in [-0.2, -0.15) is 0 Å². The number of rotatable bonds is 8. The molecule has 13 heavy (non-hydrogen) atoms. The molecule has 1 radical (unpaired) electrons. The molecule has 0 aromatic carbocycles. The summed E-state index contributed by atoms with van der Waals surface area (Å²) >= 11 is 0. The Kier molecular flexibility index (Phi) is 28.1. The minimum absolute atomic E-state index is 0. The summed E-state index contributed by atoms with van der Waals surface area (Å²) in [5.41, 5.74) is 0. The molecule has 0 aliphatic heterocycles. The Hall–Kier alpha value is 0.986. The van der Waals surface area contributed by atoms with E-state index in [1.54, 1.807) is 0 Å². The number of hydrogen-bond acceptors (Lipinski definition) is 1. The molecule has 0 heterocycles. The van der Waals surface area contributed by atoms with Gasteiger partial charge in [0.15, 0.2) is 0 Å². The van der Waals surface area contributed by atoms with Crippen LogP contribution in [0.1, 0.15) is 58.3 Å². The van der Waals surface area contributed by atoms with E-state index >= 15 is 0 Å². The van der Waals surface area contributed by atoms with E-state index in [2.05, 4.69) is 6.92 Å². The van der Waals surface area contributed by atoms with Crippen LogP contribution in [0.4, 0.5) is 0 Å². The Morgan fingerprint density at radius 3 is 1.54 bits per heavy atom. The van der Waals surface area contributed by atoms with Crippen LogP contribution < -0.4 is 0 Å². The summed E-state index contributed by atoms with van der Waals surface area (Å²) in [6, 6.07) is 0. The van der Waals surface area contributed by atoms with E-state index in [1.807, 2.05) is 0 Å². The minimum atomic E-state index is 0. The number of hydrogen-bond donors (Lipinski definition) is 1. The first-order valence-electron chi connectivity index (χ1n) is 5.02. The maximum Gasteiger partial charge on any atom is 0.0431 e. The molecule has 0 saturated carbocycles. The van der Waals surface area contributed by atoms with Crippen molar-refractivity contribution in [1.82, 2.24) is 0 Å². The molecular weight excluding hydrogens is 251 g/mol. The first-order valence-corrected chi connectivity index (χ1v) is 5.02. The van der Waals surface area contributed by atoms with Crippen LogP contribution in [0.3, 0.4) is 0 Å². The van der Waals surface area contributed by atoms with Gasteiger partial charge in [-0.1, -0.05) is 51.9 Å². The third-order valence-electron chi connectivity index (χ3n) is 2.01. The zero-order valence-corrected chi connectivity index (χ0v) is 10.6. The van der Waals surface area contributed by atoms with Crippen molar-refractivity contribution in [2.75, 3.05) is 6.61 Å². The third-order valence-corrected chi connectivity index (χ3v) is 2.01. The Morgan fingerprint density at radius 1 is 0.769 bits per heavy atom. The second-order valence-corrected chi connectivity index (χ2v) is 3.20. The molecule has 0 spiro atoms. The summed E-state index contributed by atoms with van der Waals surface area (Å²) in [4.78, 5) is 0. The molecule has 1 nitrogen and oxygen atoms in total. The molecule has 85 valence electrons. The van der Waals surface area contributed by atoms with Crippen molar-refractivity contribution in [3.05, 3.63) is 0 Å². The second-order valence-electron chi connectivity index (χ2n) is 3.20. The van der Waals surface area contributed by atoms with Gasteiger partial charge in [-0.3, -0.25) is 0 Å². The van der Waals surface area contributed by atoms with Gasteiger partial charge in [0, 0.05) is 40.5 Å². The van der Waals surface area contributed by atoms with Crippen molar-refractivity contribution in [3.63, 3.8) is 0 Å². The first-order chi connectivity index (χ1) is 5.41. The standard InChI is InChI=1S/C10H22O.Co.Fe/c1-2-3-4-5-6-7-8-9-10-11;;/h11H,2-10H2,1H3;;. The number of aliphatic hydroxyl groups excluding tert-OH is 1. The molecule has 3 heteroatoms. The first kappa shape index (κ1) is 19.5. The molecule has 0 aliphatic rings. The van der Waals surface area contributed by atoms with Crippen LogP contribution in [-0.2, 0) is 33.8 Å². The van der Waals surface area contributed by atoms with E-state index in [9.17, 15) is 0 Å². The predicted molar refractivity (Wildman–Crippen MR) is 49.7 cm³/mol. The van der Waals surface area contributed by atoms with Crippen LogP contribution in [0.5, 0.6) is 0 Å². The molecule has 0 bridgehead atoms. The van der Waals surface area contributed by atoms with Crippen LogP contribution >= 0.6 is 0 Å². The zero-order valence-electron chi connectivity index (χ0n) is 8.50. The van der Waals surface area contributed by atoms with Gasteiger partial charge in [0.2, 0.25) is 0 Å². The van der Waals surface area contributed by atoms with Gasteiger partial charge < -0.3 is 5.11 Å². The van der Waals surface area contributed by atoms with Gasteiger partial charge in [-0.25, -0.2) is 0 Å². The van der Waals surface area contributed by atoms with Crippen molar-refractivity contribution in [2.24, 2.45) is 0 Å². The molecule has 0 aromatic heterocycles. The Morgan fingerprint density at radius 2 is 1.15 bits per heavy atom. The molecule has 0 amide bonds. The van der Waals surface area contributed by atoms with Crippen molar-refractivity contribution in [3.8, 4) is 0 Å². The van der Waals surface area contributed by atoms with Gasteiger partial charge in [0.1, 0.15) is 0 Å². The SMILES string of the molecule is CCCCCCCCCCO.[Co].[Fe]. The van der Waals surface area contributed by atoms with E-state index in [1.165, 1.54) is 44.9 Å². The minimum Gasteiger partial charge on any atom is -0.396 e. The number of unbranched alkanes of at least 4 members (excludes halogenated alkanes) is 7. The summed E-state index contributed by atoms with van der Waals surface area (Å²) in [5.74, 6) is 0. The van der Waals surface area contributed by atoms with Gasteiger partial charge in [-0.15, -0.1) is 0 Å². The molecule has 0 rings (SSSR count). The summed E-state index contributed by atoms with van der Waals surface area (Å²) in [6.07, 6.45) is 10.4. The average molecular weight is 273 g/mol. The fourth-order valence-electron chi connectivity index (χ4n) is 1.25. The van der Waals surface area contributed by atoms with E-state index in [-0.39, 0.29) is 33.8 Å². The topological polar surface area (TPSA) is 20.2 Å². The van der Waals surface area contributed by atoms with E-state index in [0.29, 0.717) is 6.61 Å². The maximum absolute atomic E-state index is 8.51. The van der Waals surface area contributed by atoms with Gasteiger partial charge >= 0.3 is 0 Å². The van der Waals surface area contributed by atoms with Crippen LogP contribution in [0.15, 0.2) is 0 Å². The van der Waals surface area contributed by atoms with Gasteiger partial charge in [-0.05, 0) is 6.42 Å². The molecule has 0 aromatic rings. The average Bonchev–Trinajstić information content (AvgIpc) is 2.03. The summed E-state index contributed by atoms with van der Waals surface area (Å²) < 4.78 is 0. The fourth-order valence-corrected chi connectivity index (χ4v) is 1.25. The van der Waals surface area contributed by atoms with Crippen LogP contribution in [0.2, 0.25) is 0 Å². The zero-order chi connectivity index (χ0) is 8.36. The van der Waals surface area contributed by atoms with Crippen molar-refractivity contribution in [1.29, 1.82) is 0 Å². The van der Waals surface area contributed by atoms with Crippen molar-refractivity contribution < 1.29 is 39.0 Å². The molecule has 0 unspecified atom stereocenters. The molecular formula is C10H22CoFeO. The van der Waals surface area contributed by atoms with Gasteiger partial charge in [0.25, 0.3) is 0 Å². The smallest absolute Gasteiger partial charge is 0.0431 e. The quantitative estimate of drug-likeness (QED) is 0.532. The summed E-state index contributed by atoms with van der Waals surface area (Å²) in [7, 11) is 0. The van der Waals surface area contributed by atoms with E-state index in [4.69, 9.17) is 5.11 Å². The summed E-state index contributed by atoms with van der Waals surface area (Å²) in [5, 5.41) is 8.51. The second kappa shape index (κ2) is 18.7. The molecule has 0 aliphatic carbocycles. The van der Waals surface area contributed by atoms with Crippen LogP contribution in [-0.4, -0.2) is 11.7 Å². The molecule has 0 atom stereocenters. The van der Waals surface area contributed by atoms with Crippen LogP contribution in [0, 0.1) is 0 Å². The fraction of sp³-hybridized carbons (Fsp3) is 1.00. The molecule has 1 N–H and O–H groups in total. The van der Waals surface area contributed by atoms with Crippen LogP contribution in [0.25, 0.3) is 0 Å². The van der Waals surface area contributed by atoms with Crippen molar-refractivity contribution in [2.45, 2.75) is 58.3 Å². The van der Waals surface area contributed by atoms with Crippen molar-refractivity contribution >= 4 is 0 Å². The monoisotopic (exact) mass is 273 g/mol. The summed E-state index contributed by atoms with van der Waals surface area (Å²) in [6.45, 7) is 2.61. The maximum atomic E-state index is 8.51. The Labute approximate surface area is 104 Å². The Balaban J connectivity index is -0.000000500.